The monoisotopic (exact) mass is 260 g/mol. The molecule has 0 radical (unpaired) electrons. The smallest absolute Gasteiger partial charge is 0.233 e. The third-order valence-electron chi connectivity index (χ3n) is 3.02. The maximum atomic E-state index is 11.9. The predicted octanol–water partition coefficient (Wildman–Crippen LogP) is 2.46. The summed E-state index contributed by atoms with van der Waals surface area (Å²) in [6.07, 6.45) is 3.37. The lowest BCUT2D eigenvalue weighted by Crippen LogP contribution is -2.33. The molecule has 1 saturated heterocycles. The van der Waals surface area contributed by atoms with Crippen molar-refractivity contribution < 1.29 is 4.79 Å². The van der Waals surface area contributed by atoms with Crippen LogP contribution >= 0.6 is 11.8 Å². The quantitative estimate of drug-likeness (QED) is 0.908. The number of carbonyl (C=O) groups excluding carboxylic acids is 1. The van der Waals surface area contributed by atoms with E-state index in [0.717, 1.165) is 24.2 Å². The highest BCUT2D eigenvalue weighted by Crippen LogP contribution is 2.25. The average molecular weight is 260 g/mol. The average Bonchev–Trinajstić information content (AvgIpc) is 2.46. The zero-order valence-corrected chi connectivity index (χ0v) is 11.0. The van der Waals surface area contributed by atoms with Crippen LogP contribution in [0.1, 0.15) is 30.4 Å². The Labute approximate surface area is 112 Å². The van der Waals surface area contributed by atoms with Crippen molar-refractivity contribution in [2.45, 2.75) is 31.1 Å². The Kier molecular flexibility index (Phi) is 4.66. The van der Waals surface area contributed by atoms with Crippen LogP contribution in [0.5, 0.6) is 0 Å². The Morgan fingerprint density at radius 3 is 2.78 bits per heavy atom. The first-order valence-electron chi connectivity index (χ1n) is 6.18. The fraction of sp³-hybridized carbons (Fsp3) is 0.429. The first-order chi connectivity index (χ1) is 8.79. The molecule has 1 amide bonds. The molecule has 1 aromatic carbocycles. The number of nitrogens with one attached hydrogen (secondary N) is 1. The van der Waals surface area contributed by atoms with Crippen LogP contribution in [-0.4, -0.2) is 16.9 Å². The zero-order chi connectivity index (χ0) is 12.8. The third kappa shape index (κ3) is 3.51. The molecule has 0 bridgehead atoms. The van der Waals surface area contributed by atoms with Crippen LogP contribution < -0.4 is 5.32 Å². The summed E-state index contributed by atoms with van der Waals surface area (Å²) in [4.78, 5) is 11.9. The number of rotatable bonds is 3. The number of carbonyl (C=O) groups is 1. The number of nitriles is 1. The van der Waals surface area contributed by atoms with E-state index >= 15 is 0 Å². The molecule has 1 heterocycles. The van der Waals surface area contributed by atoms with E-state index in [2.05, 4.69) is 11.4 Å². The van der Waals surface area contributed by atoms with Crippen molar-refractivity contribution in [3.63, 3.8) is 0 Å². The second kappa shape index (κ2) is 6.46. The molecule has 18 heavy (non-hydrogen) atoms. The van der Waals surface area contributed by atoms with Crippen LogP contribution in [0.3, 0.4) is 0 Å². The van der Waals surface area contributed by atoms with E-state index in [9.17, 15) is 4.79 Å². The minimum absolute atomic E-state index is 0.122. The standard InChI is InChI=1S/C14H16N2OS/c15-9-11-4-6-12(7-5-11)10-16-14(17)13-3-1-2-8-18-13/h4-7,13H,1-3,8,10H2,(H,16,17). The van der Waals surface area contributed by atoms with E-state index in [1.807, 2.05) is 12.1 Å². The van der Waals surface area contributed by atoms with Crippen molar-refractivity contribution in [1.29, 1.82) is 5.26 Å². The summed E-state index contributed by atoms with van der Waals surface area (Å²) in [6.45, 7) is 0.543. The second-order valence-corrected chi connectivity index (χ2v) is 5.69. The lowest BCUT2D eigenvalue weighted by molar-refractivity contribution is -0.120. The third-order valence-corrected chi connectivity index (χ3v) is 4.40. The Balaban J connectivity index is 1.83. The number of thioether (sulfide) groups is 1. The molecule has 1 fully saturated rings. The summed E-state index contributed by atoms with van der Waals surface area (Å²) in [6, 6.07) is 9.39. The minimum Gasteiger partial charge on any atom is -0.351 e. The maximum Gasteiger partial charge on any atom is 0.233 e. The minimum atomic E-state index is 0.122. The molecule has 4 heteroatoms. The van der Waals surface area contributed by atoms with Crippen molar-refractivity contribution in [2.75, 3.05) is 5.75 Å². The van der Waals surface area contributed by atoms with Crippen LogP contribution in [-0.2, 0) is 11.3 Å². The van der Waals surface area contributed by atoms with Crippen LogP contribution in [0.25, 0.3) is 0 Å². The first-order valence-corrected chi connectivity index (χ1v) is 7.23. The highest BCUT2D eigenvalue weighted by Gasteiger charge is 2.21. The molecular weight excluding hydrogens is 244 g/mol. The van der Waals surface area contributed by atoms with E-state index < -0.39 is 0 Å². The molecule has 3 nitrogen and oxygen atoms in total. The van der Waals surface area contributed by atoms with Gasteiger partial charge in [0, 0.05) is 6.54 Å². The molecule has 1 aliphatic heterocycles. The highest BCUT2D eigenvalue weighted by molar-refractivity contribution is 8.00. The van der Waals surface area contributed by atoms with E-state index in [1.54, 1.807) is 23.9 Å². The number of hydrogen-bond donors (Lipinski definition) is 1. The lowest BCUT2D eigenvalue weighted by atomic mass is 10.1. The van der Waals surface area contributed by atoms with Crippen molar-refractivity contribution in [3.8, 4) is 6.07 Å². The van der Waals surface area contributed by atoms with Gasteiger partial charge in [-0.05, 0) is 36.3 Å². The van der Waals surface area contributed by atoms with Gasteiger partial charge in [0.25, 0.3) is 0 Å². The van der Waals surface area contributed by atoms with Gasteiger partial charge < -0.3 is 5.32 Å². The normalized spacial score (nSPS) is 18.9. The van der Waals surface area contributed by atoms with Gasteiger partial charge in [-0.15, -0.1) is 11.8 Å². The molecule has 1 unspecified atom stereocenters. The maximum absolute atomic E-state index is 11.9. The Hall–Kier alpha value is -1.47. The van der Waals surface area contributed by atoms with E-state index in [0.29, 0.717) is 12.1 Å². The molecule has 0 aromatic heterocycles. The Morgan fingerprint density at radius 2 is 2.17 bits per heavy atom. The topological polar surface area (TPSA) is 52.9 Å². The Morgan fingerprint density at radius 1 is 1.39 bits per heavy atom. The predicted molar refractivity (Wildman–Crippen MR) is 73.1 cm³/mol. The van der Waals surface area contributed by atoms with Crippen molar-refractivity contribution in [3.05, 3.63) is 35.4 Å². The van der Waals surface area contributed by atoms with E-state index in [4.69, 9.17) is 5.26 Å². The van der Waals surface area contributed by atoms with Gasteiger partial charge in [0.1, 0.15) is 0 Å². The number of nitrogens with zero attached hydrogens (tertiary/aromatic N) is 1. The summed E-state index contributed by atoms with van der Waals surface area (Å²) in [7, 11) is 0. The molecule has 1 N–H and O–H groups in total. The molecule has 1 aliphatic rings. The van der Waals surface area contributed by atoms with Crippen molar-refractivity contribution >= 4 is 17.7 Å². The van der Waals surface area contributed by atoms with E-state index in [1.165, 1.54) is 6.42 Å². The molecule has 0 saturated carbocycles. The molecule has 1 atom stereocenters. The van der Waals surface area contributed by atoms with Crippen LogP contribution in [0.15, 0.2) is 24.3 Å². The SMILES string of the molecule is N#Cc1ccc(CNC(=O)C2CCCCS2)cc1. The zero-order valence-electron chi connectivity index (χ0n) is 10.2. The van der Waals surface area contributed by atoms with Gasteiger partial charge in [-0.1, -0.05) is 18.6 Å². The van der Waals surface area contributed by atoms with E-state index in [-0.39, 0.29) is 11.2 Å². The van der Waals surface area contributed by atoms with Crippen molar-refractivity contribution in [2.24, 2.45) is 0 Å². The van der Waals surface area contributed by atoms with Gasteiger partial charge in [-0.2, -0.15) is 5.26 Å². The molecule has 94 valence electrons. The summed E-state index contributed by atoms with van der Waals surface area (Å²) in [5, 5.41) is 11.8. The van der Waals surface area contributed by atoms with Crippen LogP contribution in [0.2, 0.25) is 0 Å². The first kappa shape index (κ1) is 13.0. The lowest BCUT2D eigenvalue weighted by Gasteiger charge is -2.20. The second-order valence-electron chi connectivity index (χ2n) is 4.38. The largest absolute Gasteiger partial charge is 0.351 e. The van der Waals surface area contributed by atoms with Gasteiger partial charge in [-0.3, -0.25) is 4.79 Å². The van der Waals surface area contributed by atoms with Gasteiger partial charge in [0.2, 0.25) is 5.91 Å². The fourth-order valence-corrected chi connectivity index (χ4v) is 3.17. The Bertz CT molecular complexity index is 444. The molecular formula is C14H16N2OS. The summed E-state index contributed by atoms with van der Waals surface area (Å²) in [5.41, 5.74) is 1.68. The van der Waals surface area contributed by atoms with Gasteiger partial charge in [0.05, 0.1) is 16.9 Å². The molecule has 0 spiro atoms. The fourth-order valence-electron chi connectivity index (χ4n) is 1.95. The van der Waals surface area contributed by atoms with Gasteiger partial charge >= 0.3 is 0 Å². The molecule has 0 aliphatic carbocycles. The highest BCUT2D eigenvalue weighted by atomic mass is 32.2. The molecule has 1 aromatic rings. The van der Waals surface area contributed by atoms with Gasteiger partial charge in [0.15, 0.2) is 0 Å². The van der Waals surface area contributed by atoms with Crippen molar-refractivity contribution in [1.82, 2.24) is 5.32 Å². The summed E-state index contributed by atoms with van der Waals surface area (Å²) in [5.74, 6) is 1.23. The number of benzene rings is 1. The van der Waals surface area contributed by atoms with Crippen LogP contribution in [0.4, 0.5) is 0 Å². The number of amides is 1. The van der Waals surface area contributed by atoms with Crippen LogP contribution in [0, 0.1) is 11.3 Å². The molecule has 2 rings (SSSR count). The van der Waals surface area contributed by atoms with Gasteiger partial charge in [-0.25, -0.2) is 0 Å². The summed E-state index contributed by atoms with van der Waals surface area (Å²) < 4.78 is 0. The summed E-state index contributed by atoms with van der Waals surface area (Å²) >= 11 is 1.76. The number of hydrogen-bond acceptors (Lipinski definition) is 3.